The summed E-state index contributed by atoms with van der Waals surface area (Å²) >= 11 is 3.31. The Kier molecular flexibility index (Phi) is 6.41. The van der Waals surface area contributed by atoms with Gasteiger partial charge in [-0.1, -0.05) is 46.3 Å². The summed E-state index contributed by atoms with van der Waals surface area (Å²) in [4.78, 5) is 25.1. The molecule has 0 saturated carbocycles. The Balaban J connectivity index is 1.75. The standard InChI is InChI=1S/C22H18BrN3O3/c1-14-6-2-3-7-17(14)21(28)25-19-9-5-4-8-18(19)22(29)26-24-13-15-12-16(23)10-11-20(15)27/h2-13,27H,1H3,(H,25,28)(H,26,29)/b24-13-. The molecule has 0 radical (unpaired) electrons. The Morgan fingerprint density at radius 3 is 2.41 bits per heavy atom. The van der Waals surface area contributed by atoms with Crippen molar-refractivity contribution >= 4 is 39.6 Å². The molecule has 146 valence electrons. The van der Waals surface area contributed by atoms with Crippen molar-refractivity contribution < 1.29 is 14.7 Å². The first kappa shape index (κ1) is 20.3. The highest BCUT2D eigenvalue weighted by atomic mass is 79.9. The van der Waals surface area contributed by atoms with Crippen LogP contribution in [0.5, 0.6) is 5.75 Å². The molecule has 0 aliphatic carbocycles. The summed E-state index contributed by atoms with van der Waals surface area (Å²) in [5.41, 5.74) is 4.87. The summed E-state index contributed by atoms with van der Waals surface area (Å²) in [5.74, 6) is -0.751. The first-order chi connectivity index (χ1) is 14.0. The lowest BCUT2D eigenvalue weighted by molar-refractivity contribution is 0.0956. The molecule has 7 heteroatoms. The predicted octanol–water partition coefficient (Wildman–Crippen LogP) is 4.48. The normalized spacial score (nSPS) is 10.7. The Bertz CT molecular complexity index is 1100. The number of aromatic hydroxyl groups is 1. The number of anilines is 1. The van der Waals surface area contributed by atoms with E-state index in [1.54, 1.807) is 48.5 Å². The summed E-state index contributed by atoms with van der Waals surface area (Å²) in [6.45, 7) is 1.85. The van der Waals surface area contributed by atoms with Crippen LogP contribution in [0, 0.1) is 6.92 Å². The molecule has 0 heterocycles. The Labute approximate surface area is 176 Å². The van der Waals surface area contributed by atoms with E-state index in [4.69, 9.17) is 0 Å². The number of aryl methyl sites for hydroxylation is 1. The van der Waals surface area contributed by atoms with Gasteiger partial charge in [-0.3, -0.25) is 9.59 Å². The number of nitrogens with one attached hydrogen (secondary N) is 2. The second kappa shape index (κ2) is 9.16. The van der Waals surface area contributed by atoms with Crippen LogP contribution in [-0.2, 0) is 0 Å². The number of phenolic OH excluding ortho intramolecular Hbond substituents is 1. The average Bonchev–Trinajstić information content (AvgIpc) is 2.71. The number of nitrogens with zero attached hydrogens (tertiary/aromatic N) is 1. The number of hydrazone groups is 1. The van der Waals surface area contributed by atoms with E-state index in [0.717, 1.165) is 10.0 Å². The van der Waals surface area contributed by atoms with Crippen molar-refractivity contribution in [1.82, 2.24) is 5.43 Å². The summed E-state index contributed by atoms with van der Waals surface area (Å²) in [7, 11) is 0. The van der Waals surface area contributed by atoms with Crippen LogP contribution >= 0.6 is 15.9 Å². The van der Waals surface area contributed by atoms with E-state index in [2.05, 4.69) is 31.8 Å². The van der Waals surface area contributed by atoms with E-state index in [-0.39, 0.29) is 17.2 Å². The second-order valence-corrected chi connectivity index (χ2v) is 7.13. The van der Waals surface area contributed by atoms with Gasteiger partial charge in [0, 0.05) is 15.6 Å². The van der Waals surface area contributed by atoms with Crippen LogP contribution in [-0.4, -0.2) is 23.1 Å². The fourth-order valence-corrected chi connectivity index (χ4v) is 3.04. The van der Waals surface area contributed by atoms with Gasteiger partial charge in [-0.25, -0.2) is 5.43 Å². The van der Waals surface area contributed by atoms with Crippen LogP contribution in [0.3, 0.4) is 0 Å². The quantitative estimate of drug-likeness (QED) is 0.394. The lowest BCUT2D eigenvalue weighted by atomic mass is 10.1. The van der Waals surface area contributed by atoms with Crippen molar-refractivity contribution in [2.24, 2.45) is 5.10 Å². The van der Waals surface area contributed by atoms with Gasteiger partial charge in [-0.2, -0.15) is 5.10 Å². The minimum absolute atomic E-state index is 0.0390. The molecule has 0 fully saturated rings. The molecule has 0 saturated heterocycles. The van der Waals surface area contributed by atoms with Crippen molar-refractivity contribution in [2.45, 2.75) is 6.92 Å². The first-order valence-electron chi connectivity index (χ1n) is 8.73. The number of para-hydroxylation sites is 1. The van der Waals surface area contributed by atoms with Crippen LogP contribution in [0.15, 0.2) is 76.3 Å². The lowest BCUT2D eigenvalue weighted by Crippen LogP contribution is -2.21. The minimum atomic E-state index is -0.489. The van der Waals surface area contributed by atoms with E-state index < -0.39 is 5.91 Å². The molecule has 3 aromatic carbocycles. The van der Waals surface area contributed by atoms with Crippen molar-refractivity contribution in [3.63, 3.8) is 0 Å². The third-order valence-electron chi connectivity index (χ3n) is 4.17. The largest absolute Gasteiger partial charge is 0.507 e. The molecule has 0 atom stereocenters. The number of hydrogen-bond donors (Lipinski definition) is 3. The number of amides is 2. The Morgan fingerprint density at radius 1 is 0.966 bits per heavy atom. The van der Waals surface area contributed by atoms with E-state index in [1.807, 2.05) is 19.1 Å². The van der Waals surface area contributed by atoms with Gasteiger partial charge in [-0.05, 0) is 48.9 Å². The van der Waals surface area contributed by atoms with E-state index in [0.29, 0.717) is 16.8 Å². The van der Waals surface area contributed by atoms with E-state index in [9.17, 15) is 14.7 Å². The molecule has 3 rings (SSSR count). The predicted molar refractivity (Wildman–Crippen MR) is 116 cm³/mol. The molecule has 0 bridgehead atoms. The summed E-state index contributed by atoms with van der Waals surface area (Å²) < 4.78 is 0.771. The minimum Gasteiger partial charge on any atom is -0.507 e. The highest BCUT2D eigenvalue weighted by molar-refractivity contribution is 9.10. The second-order valence-electron chi connectivity index (χ2n) is 6.22. The molecule has 0 aliphatic rings. The third-order valence-corrected chi connectivity index (χ3v) is 4.66. The molecule has 3 N–H and O–H groups in total. The molecule has 0 unspecified atom stereocenters. The third kappa shape index (κ3) is 5.08. The number of hydrogen-bond acceptors (Lipinski definition) is 4. The average molecular weight is 452 g/mol. The molecule has 0 spiro atoms. The Morgan fingerprint density at radius 2 is 1.66 bits per heavy atom. The SMILES string of the molecule is Cc1ccccc1C(=O)Nc1ccccc1C(=O)N/N=C\c1cc(Br)ccc1O. The van der Waals surface area contributed by atoms with Crippen LogP contribution in [0.25, 0.3) is 0 Å². The van der Waals surface area contributed by atoms with Gasteiger partial charge >= 0.3 is 0 Å². The van der Waals surface area contributed by atoms with Gasteiger partial charge < -0.3 is 10.4 Å². The van der Waals surface area contributed by atoms with Gasteiger partial charge in [0.1, 0.15) is 5.75 Å². The van der Waals surface area contributed by atoms with E-state index in [1.165, 1.54) is 12.3 Å². The van der Waals surface area contributed by atoms with Gasteiger partial charge in [0.25, 0.3) is 11.8 Å². The van der Waals surface area contributed by atoms with Crippen molar-refractivity contribution in [3.05, 3.63) is 93.5 Å². The number of benzene rings is 3. The molecule has 0 aromatic heterocycles. The molecule has 0 aliphatic heterocycles. The fraction of sp³-hybridized carbons (Fsp3) is 0.0455. The molecule has 2 amide bonds. The molecule has 29 heavy (non-hydrogen) atoms. The number of phenols is 1. The topological polar surface area (TPSA) is 90.8 Å². The monoisotopic (exact) mass is 451 g/mol. The maximum Gasteiger partial charge on any atom is 0.273 e. The number of rotatable bonds is 5. The van der Waals surface area contributed by atoms with Gasteiger partial charge in [0.2, 0.25) is 0 Å². The zero-order valence-electron chi connectivity index (χ0n) is 15.5. The Hall–Kier alpha value is -3.45. The summed E-state index contributed by atoms with van der Waals surface area (Å²) in [6, 6.07) is 18.8. The summed E-state index contributed by atoms with van der Waals surface area (Å²) in [6.07, 6.45) is 1.34. The highest BCUT2D eigenvalue weighted by Crippen LogP contribution is 2.20. The van der Waals surface area contributed by atoms with Gasteiger partial charge in [0.15, 0.2) is 0 Å². The first-order valence-corrected chi connectivity index (χ1v) is 9.53. The number of halogens is 1. The molecular weight excluding hydrogens is 434 g/mol. The highest BCUT2D eigenvalue weighted by Gasteiger charge is 2.14. The maximum atomic E-state index is 12.6. The number of carbonyl (C=O) groups is 2. The van der Waals surface area contributed by atoms with Crippen LogP contribution < -0.4 is 10.7 Å². The lowest BCUT2D eigenvalue weighted by Gasteiger charge is -2.11. The van der Waals surface area contributed by atoms with Crippen LogP contribution in [0.2, 0.25) is 0 Å². The van der Waals surface area contributed by atoms with E-state index >= 15 is 0 Å². The van der Waals surface area contributed by atoms with Crippen LogP contribution in [0.4, 0.5) is 5.69 Å². The van der Waals surface area contributed by atoms with Crippen molar-refractivity contribution in [1.29, 1.82) is 0 Å². The maximum absolute atomic E-state index is 12.6. The number of carbonyl (C=O) groups excluding carboxylic acids is 2. The summed E-state index contributed by atoms with van der Waals surface area (Å²) in [5, 5.41) is 16.5. The molecule has 6 nitrogen and oxygen atoms in total. The zero-order chi connectivity index (χ0) is 20.8. The van der Waals surface area contributed by atoms with Crippen LogP contribution in [0.1, 0.15) is 31.8 Å². The smallest absolute Gasteiger partial charge is 0.273 e. The molecule has 3 aromatic rings. The van der Waals surface area contributed by atoms with Gasteiger partial charge in [0.05, 0.1) is 17.5 Å². The van der Waals surface area contributed by atoms with Gasteiger partial charge in [-0.15, -0.1) is 0 Å². The zero-order valence-corrected chi connectivity index (χ0v) is 17.1. The molecular formula is C22H18BrN3O3. The van der Waals surface area contributed by atoms with Crippen molar-refractivity contribution in [2.75, 3.05) is 5.32 Å². The van der Waals surface area contributed by atoms with Crippen molar-refractivity contribution in [3.8, 4) is 5.75 Å². The fourth-order valence-electron chi connectivity index (χ4n) is 2.66.